The molecule has 0 bridgehead atoms. The van der Waals surface area contributed by atoms with Crippen LogP contribution in [0, 0.1) is 0 Å². The van der Waals surface area contributed by atoms with E-state index in [0.717, 1.165) is 22.6 Å². The molecule has 1 aromatic carbocycles. The molecule has 1 aromatic rings. The van der Waals surface area contributed by atoms with E-state index in [1.807, 2.05) is 30.3 Å². The first-order valence-electron chi connectivity index (χ1n) is 6.77. The molecule has 0 spiro atoms. The molecule has 0 fully saturated rings. The molecular weight excluding hydrogens is 274 g/mol. The first kappa shape index (κ1) is 14.9. The van der Waals surface area contributed by atoms with Crippen LogP contribution in [0.15, 0.2) is 36.1 Å². The SMILES string of the molecule is O=C(NCCCCO)C1=C(c2ccccc2)SCCO1. The molecule has 1 amide bonds. The van der Waals surface area contributed by atoms with Gasteiger partial charge >= 0.3 is 0 Å². The van der Waals surface area contributed by atoms with Gasteiger partial charge in [-0.05, 0) is 18.4 Å². The maximum absolute atomic E-state index is 12.2. The molecule has 1 heterocycles. The highest BCUT2D eigenvalue weighted by Gasteiger charge is 2.22. The minimum Gasteiger partial charge on any atom is -0.486 e. The maximum Gasteiger partial charge on any atom is 0.287 e. The summed E-state index contributed by atoms with van der Waals surface area (Å²) in [6.07, 6.45) is 1.46. The number of ether oxygens (including phenoxy) is 1. The van der Waals surface area contributed by atoms with E-state index in [1.54, 1.807) is 11.8 Å². The average Bonchev–Trinajstić information content (AvgIpc) is 2.52. The molecule has 20 heavy (non-hydrogen) atoms. The van der Waals surface area contributed by atoms with E-state index in [2.05, 4.69) is 5.32 Å². The Morgan fingerprint density at radius 1 is 1.30 bits per heavy atom. The number of hydrogen-bond donors (Lipinski definition) is 2. The van der Waals surface area contributed by atoms with Crippen LogP contribution < -0.4 is 5.32 Å². The van der Waals surface area contributed by atoms with Crippen molar-refractivity contribution in [3.8, 4) is 0 Å². The van der Waals surface area contributed by atoms with Crippen molar-refractivity contribution in [2.24, 2.45) is 0 Å². The molecule has 0 atom stereocenters. The first-order chi connectivity index (χ1) is 9.83. The van der Waals surface area contributed by atoms with E-state index in [4.69, 9.17) is 9.84 Å². The summed E-state index contributed by atoms with van der Waals surface area (Å²) in [6.45, 7) is 1.26. The fourth-order valence-electron chi connectivity index (χ4n) is 1.91. The topological polar surface area (TPSA) is 58.6 Å². The lowest BCUT2D eigenvalue weighted by molar-refractivity contribution is -0.120. The molecule has 0 saturated heterocycles. The molecule has 1 aliphatic rings. The molecule has 108 valence electrons. The molecule has 1 aliphatic heterocycles. The van der Waals surface area contributed by atoms with E-state index in [1.165, 1.54) is 0 Å². The number of benzene rings is 1. The highest BCUT2D eigenvalue weighted by molar-refractivity contribution is 8.08. The van der Waals surface area contributed by atoms with Gasteiger partial charge < -0.3 is 15.2 Å². The van der Waals surface area contributed by atoms with Crippen LogP contribution in [-0.2, 0) is 9.53 Å². The monoisotopic (exact) mass is 293 g/mol. The van der Waals surface area contributed by atoms with Crippen LogP contribution in [0.5, 0.6) is 0 Å². The number of nitrogens with one attached hydrogen (secondary N) is 1. The summed E-state index contributed by atoms with van der Waals surface area (Å²) in [5, 5.41) is 11.6. The van der Waals surface area contributed by atoms with Gasteiger partial charge in [0.05, 0.1) is 11.5 Å². The second-order valence-electron chi connectivity index (χ2n) is 4.41. The van der Waals surface area contributed by atoms with Crippen molar-refractivity contribution in [3.63, 3.8) is 0 Å². The fourth-order valence-corrected chi connectivity index (χ4v) is 2.87. The molecule has 0 aromatic heterocycles. The average molecular weight is 293 g/mol. The van der Waals surface area contributed by atoms with Crippen molar-refractivity contribution in [3.05, 3.63) is 41.7 Å². The van der Waals surface area contributed by atoms with Gasteiger partial charge in [0.1, 0.15) is 0 Å². The third kappa shape index (κ3) is 4.02. The second-order valence-corrected chi connectivity index (χ2v) is 5.51. The van der Waals surface area contributed by atoms with Crippen LogP contribution in [0.25, 0.3) is 4.91 Å². The summed E-state index contributed by atoms with van der Waals surface area (Å²) in [7, 11) is 0. The minimum absolute atomic E-state index is 0.153. The highest BCUT2D eigenvalue weighted by atomic mass is 32.2. The number of hydrogen-bond acceptors (Lipinski definition) is 4. The number of thioether (sulfide) groups is 1. The number of carbonyl (C=O) groups is 1. The number of aliphatic hydroxyl groups excluding tert-OH is 1. The maximum atomic E-state index is 12.2. The Hall–Kier alpha value is -1.46. The number of rotatable bonds is 6. The van der Waals surface area contributed by atoms with Gasteiger partial charge in [-0.15, -0.1) is 11.8 Å². The number of aliphatic hydroxyl groups is 1. The zero-order valence-corrected chi connectivity index (χ0v) is 12.1. The minimum atomic E-state index is -0.172. The Balaban J connectivity index is 2.08. The van der Waals surface area contributed by atoms with Crippen LogP contribution in [0.3, 0.4) is 0 Å². The molecule has 2 rings (SSSR count). The van der Waals surface area contributed by atoms with Gasteiger partial charge in [0.15, 0.2) is 5.76 Å². The van der Waals surface area contributed by atoms with Crippen LogP contribution >= 0.6 is 11.8 Å². The van der Waals surface area contributed by atoms with Crippen LogP contribution in [0.1, 0.15) is 18.4 Å². The van der Waals surface area contributed by atoms with Crippen molar-refractivity contribution in [2.45, 2.75) is 12.8 Å². The Labute approximate surface area is 123 Å². The lowest BCUT2D eigenvalue weighted by Gasteiger charge is -2.20. The highest BCUT2D eigenvalue weighted by Crippen LogP contribution is 2.34. The summed E-state index contributed by atoms with van der Waals surface area (Å²) >= 11 is 1.65. The zero-order valence-electron chi connectivity index (χ0n) is 11.3. The van der Waals surface area contributed by atoms with Gasteiger partial charge in [-0.3, -0.25) is 4.79 Å². The van der Waals surface area contributed by atoms with Gasteiger partial charge in [0, 0.05) is 18.9 Å². The lowest BCUT2D eigenvalue weighted by atomic mass is 10.2. The second kappa shape index (κ2) is 7.97. The van der Waals surface area contributed by atoms with Gasteiger partial charge in [-0.25, -0.2) is 0 Å². The third-order valence-electron chi connectivity index (χ3n) is 2.90. The summed E-state index contributed by atoms with van der Waals surface area (Å²) in [4.78, 5) is 13.1. The predicted molar refractivity (Wildman–Crippen MR) is 81.1 cm³/mol. The van der Waals surface area contributed by atoms with E-state index in [9.17, 15) is 4.79 Å². The van der Waals surface area contributed by atoms with Gasteiger partial charge in [-0.2, -0.15) is 0 Å². The van der Waals surface area contributed by atoms with Crippen LogP contribution in [-0.4, -0.2) is 36.5 Å². The molecule has 5 heteroatoms. The first-order valence-corrected chi connectivity index (χ1v) is 7.76. The van der Waals surface area contributed by atoms with Gasteiger partial charge in [0.2, 0.25) is 0 Å². The van der Waals surface area contributed by atoms with Crippen molar-refractivity contribution >= 4 is 22.6 Å². The largest absolute Gasteiger partial charge is 0.486 e. The number of carbonyl (C=O) groups excluding carboxylic acids is 1. The molecule has 0 saturated carbocycles. The summed E-state index contributed by atoms with van der Waals surface area (Å²) in [5.74, 6) is 1.09. The molecule has 0 unspecified atom stereocenters. The lowest BCUT2D eigenvalue weighted by Crippen LogP contribution is -2.29. The fraction of sp³-hybridized carbons (Fsp3) is 0.400. The molecule has 4 nitrogen and oxygen atoms in total. The normalized spacial score (nSPS) is 14.8. The summed E-state index contributed by atoms with van der Waals surface area (Å²) < 4.78 is 5.56. The predicted octanol–water partition coefficient (Wildman–Crippen LogP) is 2.01. The van der Waals surface area contributed by atoms with Crippen molar-refractivity contribution in [1.29, 1.82) is 0 Å². The number of unbranched alkanes of at least 4 members (excludes halogenated alkanes) is 1. The molecule has 0 radical (unpaired) electrons. The van der Waals surface area contributed by atoms with E-state index in [0.29, 0.717) is 25.3 Å². The summed E-state index contributed by atoms with van der Waals surface area (Å²) in [5.41, 5.74) is 1.01. The van der Waals surface area contributed by atoms with Crippen molar-refractivity contribution in [1.82, 2.24) is 5.32 Å². The van der Waals surface area contributed by atoms with Crippen molar-refractivity contribution < 1.29 is 14.6 Å². The molecule has 0 aliphatic carbocycles. The zero-order chi connectivity index (χ0) is 14.2. The Bertz CT molecular complexity index is 473. The molecule has 2 N–H and O–H groups in total. The smallest absolute Gasteiger partial charge is 0.287 e. The number of amides is 1. The van der Waals surface area contributed by atoms with Gasteiger partial charge in [0.25, 0.3) is 5.91 Å². The molecular formula is C15H19NO3S. The van der Waals surface area contributed by atoms with E-state index >= 15 is 0 Å². The van der Waals surface area contributed by atoms with Crippen LogP contribution in [0.2, 0.25) is 0 Å². The Kier molecular flexibility index (Phi) is 5.95. The summed E-state index contributed by atoms with van der Waals surface area (Å²) in [6, 6.07) is 9.82. The third-order valence-corrected chi connectivity index (χ3v) is 3.98. The standard InChI is InChI=1S/C15H19NO3S/c17-9-5-4-8-16-15(18)13-14(20-11-10-19-13)12-6-2-1-3-7-12/h1-3,6-7,17H,4-5,8-11H2,(H,16,18). The van der Waals surface area contributed by atoms with E-state index in [-0.39, 0.29) is 12.5 Å². The Morgan fingerprint density at radius 3 is 2.85 bits per heavy atom. The van der Waals surface area contributed by atoms with Gasteiger partial charge in [-0.1, -0.05) is 30.3 Å². The Morgan fingerprint density at radius 2 is 2.10 bits per heavy atom. The van der Waals surface area contributed by atoms with Crippen LogP contribution in [0.4, 0.5) is 0 Å². The van der Waals surface area contributed by atoms with E-state index < -0.39 is 0 Å². The van der Waals surface area contributed by atoms with Crippen molar-refractivity contribution in [2.75, 3.05) is 25.5 Å². The quantitative estimate of drug-likeness (QED) is 0.788.